The molecule has 0 aliphatic carbocycles. The number of nitrogens with one attached hydrogen (secondary N) is 1. The summed E-state index contributed by atoms with van der Waals surface area (Å²) in [6.45, 7) is 6.43. The number of carbonyl (C=O) groups excluding carboxylic acids is 7. The van der Waals surface area contributed by atoms with Crippen LogP contribution < -0.4 is 5.32 Å². The van der Waals surface area contributed by atoms with Crippen molar-refractivity contribution in [1.82, 2.24) is 5.32 Å². The monoisotopic (exact) mass is 853 g/mol. The molecule has 2 fully saturated rings. The molecule has 0 saturated carbocycles. The first kappa shape index (κ1) is 49.7. The fourth-order valence-corrected chi connectivity index (χ4v) is 6.76. The van der Waals surface area contributed by atoms with Gasteiger partial charge in [-0.3, -0.25) is 33.6 Å². The SMILES string of the molecule is COC(=O)CCCCCCCCO[C@@H]1O[C@H](COCc2ccccc2)[C@@H](O[C@@H]2O[C@H](COC(C)=O)[C@H](OC(C)=O)[C@H](OC(C)=O)[C@H]2OC(C)=O)[C@H](OC(C)=O)[C@H]1NC(C)=O. The summed E-state index contributed by atoms with van der Waals surface area (Å²) in [5.74, 6) is -4.77. The van der Waals surface area contributed by atoms with Crippen LogP contribution >= 0.6 is 0 Å². The third kappa shape index (κ3) is 17.1. The molecule has 0 aromatic heterocycles. The van der Waals surface area contributed by atoms with Crippen molar-refractivity contribution in [2.24, 2.45) is 0 Å². The summed E-state index contributed by atoms with van der Waals surface area (Å²) in [6, 6.07) is 8.06. The Morgan fingerprint density at radius 1 is 0.600 bits per heavy atom. The lowest BCUT2D eigenvalue weighted by molar-refractivity contribution is -0.351. The number of esters is 6. The van der Waals surface area contributed by atoms with Gasteiger partial charge in [0.2, 0.25) is 5.91 Å². The smallest absolute Gasteiger partial charge is 0.305 e. The first-order valence-electron chi connectivity index (χ1n) is 19.9. The van der Waals surface area contributed by atoms with Crippen LogP contribution in [0.25, 0.3) is 0 Å². The molecule has 2 saturated heterocycles. The van der Waals surface area contributed by atoms with Crippen LogP contribution in [0.5, 0.6) is 0 Å². The molecule has 1 N–H and O–H groups in total. The van der Waals surface area contributed by atoms with Crippen LogP contribution in [0.2, 0.25) is 0 Å². The first-order chi connectivity index (χ1) is 28.6. The molecular weight excluding hydrogens is 794 g/mol. The maximum atomic E-state index is 12.8. The first-order valence-corrected chi connectivity index (χ1v) is 19.9. The van der Waals surface area contributed by atoms with Crippen molar-refractivity contribution in [3.63, 3.8) is 0 Å². The third-order valence-electron chi connectivity index (χ3n) is 9.24. The molecule has 336 valence electrons. The lowest BCUT2D eigenvalue weighted by atomic mass is 9.94. The topological polar surface area (TPSA) is 233 Å². The van der Waals surface area contributed by atoms with Crippen LogP contribution in [0.4, 0.5) is 0 Å². The number of carbonyl (C=O) groups is 7. The molecule has 1 amide bonds. The summed E-state index contributed by atoms with van der Waals surface area (Å²) in [7, 11) is 1.36. The zero-order valence-electron chi connectivity index (χ0n) is 35.3. The molecule has 60 heavy (non-hydrogen) atoms. The van der Waals surface area contributed by atoms with Crippen molar-refractivity contribution in [3.05, 3.63) is 35.9 Å². The summed E-state index contributed by atoms with van der Waals surface area (Å²) in [6.07, 6.45) is -7.63. The molecule has 0 radical (unpaired) electrons. The van der Waals surface area contributed by atoms with Crippen LogP contribution in [-0.2, 0) is 92.3 Å². The van der Waals surface area contributed by atoms with E-state index in [2.05, 4.69) is 10.1 Å². The van der Waals surface area contributed by atoms with Crippen molar-refractivity contribution in [1.29, 1.82) is 0 Å². The minimum atomic E-state index is -1.70. The molecule has 10 atom stereocenters. The number of ether oxygens (including phenoxy) is 11. The minimum Gasteiger partial charge on any atom is -0.469 e. The van der Waals surface area contributed by atoms with Gasteiger partial charge in [0.05, 0.1) is 20.3 Å². The van der Waals surface area contributed by atoms with E-state index in [4.69, 9.17) is 47.4 Å². The van der Waals surface area contributed by atoms with Crippen LogP contribution in [0.3, 0.4) is 0 Å². The van der Waals surface area contributed by atoms with E-state index in [1.165, 1.54) is 14.0 Å². The highest BCUT2D eigenvalue weighted by Gasteiger charge is 2.57. The second kappa shape index (κ2) is 25.8. The van der Waals surface area contributed by atoms with Gasteiger partial charge in [-0.1, -0.05) is 56.0 Å². The molecule has 19 heteroatoms. The standard InChI is InChI=1S/C41H59NO18/c1-24(43)42-34-37(55-27(4)46)35(60-41-39(57-29(6)48)38(56-28(5)47)36(54-26(3)45)32(59-41)23-53-25(2)44)31(22-51-21-30-17-13-12-14-18-30)58-40(34)52-20-16-11-9-8-10-15-19-33(49)50-7/h12-14,17-18,31-32,34-41H,8-11,15-16,19-23H2,1-7H3,(H,42,43)/t31-,32-,34-,35-,36+,37-,38+,39-,40-,41+/m1/s1. The van der Waals surface area contributed by atoms with E-state index < -0.39 is 104 Å². The molecule has 0 unspecified atom stereocenters. The Kier molecular flexibility index (Phi) is 21.4. The molecule has 19 nitrogen and oxygen atoms in total. The van der Waals surface area contributed by atoms with Gasteiger partial charge in [-0.2, -0.15) is 0 Å². The Labute approximate surface area is 349 Å². The predicted molar refractivity (Wildman–Crippen MR) is 205 cm³/mol. The lowest BCUT2D eigenvalue weighted by Gasteiger charge is -2.49. The van der Waals surface area contributed by atoms with Gasteiger partial charge >= 0.3 is 35.8 Å². The summed E-state index contributed by atoms with van der Waals surface area (Å²) in [4.78, 5) is 86.1. The molecule has 2 aliphatic heterocycles. The van der Waals surface area contributed by atoms with Crippen molar-refractivity contribution < 1.29 is 85.7 Å². The van der Waals surface area contributed by atoms with Gasteiger partial charge in [-0.05, 0) is 18.4 Å². The van der Waals surface area contributed by atoms with Crippen LogP contribution in [0.1, 0.15) is 92.1 Å². The second-order valence-electron chi connectivity index (χ2n) is 14.3. The highest BCUT2D eigenvalue weighted by molar-refractivity contribution is 5.73. The molecule has 0 bridgehead atoms. The number of rotatable bonds is 23. The van der Waals surface area contributed by atoms with Crippen LogP contribution in [-0.4, -0.2) is 130 Å². The quantitative estimate of drug-likeness (QED) is 0.0947. The molecule has 1 aromatic rings. The molecule has 1 aromatic carbocycles. The minimum absolute atomic E-state index is 0.130. The Balaban J connectivity index is 2.00. The Bertz CT molecular complexity index is 1560. The summed E-state index contributed by atoms with van der Waals surface area (Å²) < 4.78 is 64.0. The summed E-state index contributed by atoms with van der Waals surface area (Å²) in [5.41, 5.74) is 0.830. The molecule has 3 rings (SSSR count). The molecule has 2 heterocycles. The Hall–Kier alpha value is -4.69. The van der Waals surface area contributed by atoms with E-state index >= 15 is 0 Å². The number of hydrogen-bond donors (Lipinski definition) is 1. The van der Waals surface area contributed by atoms with Gasteiger partial charge in [0, 0.05) is 54.6 Å². The maximum Gasteiger partial charge on any atom is 0.305 e. The van der Waals surface area contributed by atoms with Gasteiger partial charge in [0.15, 0.2) is 37.0 Å². The Morgan fingerprint density at radius 3 is 1.75 bits per heavy atom. The van der Waals surface area contributed by atoms with E-state index in [1.54, 1.807) is 0 Å². The third-order valence-corrected chi connectivity index (χ3v) is 9.24. The van der Waals surface area contributed by atoms with Crippen molar-refractivity contribution in [2.75, 3.05) is 26.9 Å². The summed E-state index contributed by atoms with van der Waals surface area (Å²) >= 11 is 0. The van der Waals surface area contributed by atoms with Crippen LogP contribution in [0, 0.1) is 0 Å². The van der Waals surface area contributed by atoms with E-state index in [1.807, 2.05) is 30.3 Å². The fourth-order valence-electron chi connectivity index (χ4n) is 6.76. The number of hydrogen-bond acceptors (Lipinski definition) is 18. The normalized spacial score (nSPS) is 26.2. The van der Waals surface area contributed by atoms with E-state index in [0.29, 0.717) is 12.8 Å². The van der Waals surface area contributed by atoms with E-state index in [0.717, 1.165) is 72.3 Å². The van der Waals surface area contributed by atoms with Gasteiger partial charge in [-0.15, -0.1) is 0 Å². The van der Waals surface area contributed by atoms with Crippen molar-refractivity contribution in [2.45, 2.75) is 154 Å². The lowest BCUT2D eigenvalue weighted by Crippen LogP contribution is -2.69. The highest BCUT2D eigenvalue weighted by Crippen LogP contribution is 2.35. The number of methoxy groups -OCH3 is 1. The molecule has 2 aliphatic rings. The van der Waals surface area contributed by atoms with Gasteiger partial charge in [0.1, 0.15) is 31.0 Å². The van der Waals surface area contributed by atoms with Gasteiger partial charge in [-0.25, -0.2) is 0 Å². The average molecular weight is 854 g/mol. The second-order valence-corrected chi connectivity index (χ2v) is 14.3. The zero-order valence-corrected chi connectivity index (χ0v) is 35.3. The van der Waals surface area contributed by atoms with E-state index in [-0.39, 0.29) is 25.8 Å². The van der Waals surface area contributed by atoms with Gasteiger partial charge in [0.25, 0.3) is 0 Å². The number of amides is 1. The zero-order chi connectivity index (χ0) is 44.2. The average Bonchev–Trinajstić information content (AvgIpc) is 3.17. The maximum absolute atomic E-state index is 12.8. The Morgan fingerprint density at radius 2 is 1.15 bits per heavy atom. The highest BCUT2D eigenvalue weighted by atomic mass is 16.8. The largest absolute Gasteiger partial charge is 0.469 e. The predicted octanol–water partition coefficient (Wildman–Crippen LogP) is 2.75. The summed E-state index contributed by atoms with van der Waals surface area (Å²) in [5, 5.41) is 2.76. The van der Waals surface area contributed by atoms with Crippen molar-refractivity contribution >= 4 is 41.7 Å². The van der Waals surface area contributed by atoms with Crippen molar-refractivity contribution in [3.8, 4) is 0 Å². The molecule has 0 spiro atoms. The van der Waals surface area contributed by atoms with E-state index in [9.17, 15) is 33.6 Å². The van der Waals surface area contributed by atoms with Crippen LogP contribution in [0.15, 0.2) is 30.3 Å². The fraction of sp³-hybridized carbons (Fsp3) is 0.683. The number of benzene rings is 1. The molecular formula is C41H59NO18. The number of unbranched alkanes of at least 4 members (excludes halogenated alkanes) is 5. The van der Waals surface area contributed by atoms with Gasteiger partial charge < -0.3 is 57.4 Å².